The topological polar surface area (TPSA) is 402 Å². The minimum absolute atomic E-state index is 0.00527. The van der Waals surface area contributed by atoms with Crippen LogP contribution in [-0.4, -0.2) is 154 Å². The number of aryl methyl sites for hydroxylation is 1. The average Bonchev–Trinajstić information content (AvgIpc) is 2.49. The van der Waals surface area contributed by atoms with E-state index in [-0.39, 0.29) is 69.1 Å². The first-order valence-electron chi connectivity index (χ1n) is 31.2. The van der Waals surface area contributed by atoms with E-state index < -0.39 is 151 Å². The maximum atomic E-state index is 14.6. The van der Waals surface area contributed by atoms with Gasteiger partial charge in [0, 0.05) is 63.5 Å². The van der Waals surface area contributed by atoms with Gasteiger partial charge in [-0.05, 0) is 119 Å². The van der Waals surface area contributed by atoms with Crippen LogP contribution in [0.5, 0.6) is 5.75 Å². The van der Waals surface area contributed by atoms with Crippen molar-refractivity contribution in [3.63, 3.8) is 0 Å². The molecule has 90 heavy (non-hydrogen) atoms. The van der Waals surface area contributed by atoms with E-state index in [0.29, 0.717) is 61.9 Å². The minimum Gasteiger partial charge on any atom is -0.508 e. The molecular weight excluding hydrogens is 1160 g/mol. The summed E-state index contributed by atoms with van der Waals surface area (Å²) < 4.78 is 0. The summed E-state index contributed by atoms with van der Waals surface area (Å²) in [6.07, 6.45) is 0.556. The third-order valence-electron chi connectivity index (χ3n) is 16.6. The van der Waals surface area contributed by atoms with Crippen LogP contribution in [0.2, 0.25) is 0 Å². The summed E-state index contributed by atoms with van der Waals surface area (Å²) in [6.45, 7) is 7.84. The van der Waals surface area contributed by atoms with E-state index in [0.717, 1.165) is 12.0 Å². The molecule has 10 atom stereocenters. The van der Waals surface area contributed by atoms with Gasteiger partial charge in [0.1, 0.15) is 11.8 Å². The number of nitrogens with one attached hydrogen (secondary N) is 5. The van der Waals surface area contributed by atoms with Crippen LogP contribution in [0.4, 0.5) is 0 Å². The number of likely N-dealkylation sites (N-methyl/N-ethyl adjacent to an activating group) is 1. The van der Waals surface area contributed by atoms with Crippen LogP contribution in [0.15, 0.2) is 83.9 Å². The molecule has 3 aromatic rings. The van der Waals surface area contributed by atoms with Crippen LogP contribution < -0.4 is 43.8 Å². The number of ketones is 4. The van der Waals surface area contributed by atoms with E-state index in [2.05, 4.69) is 31.6 Å². The number of phenols is 1. The monoisotopic (exact) mass is 1250 g/mol. The molecule has 0 aliphatic carbocycles. The number of Topliss-reactive ketones (excluding diaryl/α,β-unsaturated/α-hetero) is 4. The lowest BCUT2D eigenvalue weighted by Gasteiger charge is -2.29. The largest absolute Gasteiger partial charge is 0.508 e. The number of carboxylic acids is 2. The number of aliphatic carboxylic acids is 2. The standard InChI is InChI=1S/C66H94N10O14/c1-6-41(3)48(62(86)73-50(27-30-60(83)84)57(80)38-46(65(89)90)35-44-21-19-40(2)20-22-44)39-58(81)53(36-43-14-8-7-9-15-43)75-61(85)42(4)34-56(79)52(37-45-23-25-47(77)26-24-45)72-59(82)29-28-55(78)49(17-12-32-71-66(68)69)74-63(87)54-18-13-33-76(54)64(88)51(70-5)16-10-11-31-67/h7-9,14-15,19-26,41-42,46,48-54,70,77H,6,10-13,16-18,27-39,67H2,1-5H3,(H,72,82)(H,73,86)(H,74,87)(H,75,85)(H,83,84)(H,89,90)(H4,68,69,71)/t41-,42+,46+,48-,49-,50-,51-,52-,53-,54+/m0/s1. The van der Waals surface area contributed by atoms with Crippen LogP contribution in [0.25, 0.3) is 0 Å². The number of carbonyl (C=O) groups is 11. The molecule has 0 saturated carbocycles. The van der Waals surface area contributed by atoms with E-state index in [9.17, 15) is 68.1 Å². The van der Waals surface area contributed by atoms with Crippen LogP contribution in [-0.2, 0) is 72.0 Å². The number of nitrogens with zero attached hydrogens (tertiary/aromatic N) is 2. The molecule has 14 N–H and O–H groups in total. The van der Waals surface area contributed by atoms with Gasteiger partial charge in [0.2, 0.25) is 29.5 Å². The quantitative estimate of drug-likeness (QED) is 0.0220. The van der Waals surface area contributed by atoms with Gasteiger partial charge < -0.3 is 64.0 Å². The van der Waals surface area contributed by atoms with Crippen LogP contribution in [0.3, 0.4) is 0 Å². The number of phenolic OH excluding ortho intramolecular Hbond substituents is 1. The Morgan fingerprint density at radius 1 is 0.633 bits per heavy atom. The summed E-state index contributed by atoms with van der Waals surface area (Å²) >= 11 is 0. The highest BCUT2D eigenvalue weighted by atomic mass is 16.4. The highest BCUT2D eigenvalue weighted by molar-refractivity contribution is 5.98. The van der Waals surface area contributed by atoms with Crippen LogP contribution >= 0.6 is 0 Å². The number of hydrogen-bond acceptors (Lipinski definition) is 15. The normalized spacial score (nSPS) is 15.9. The fourth-order valence-corrected chi connectivity index (χ4v) is 10.9. The van der Waals surface area contributed by atoms with Gasteiger partial charge in [-0.25, -0.2) is 0 Å². The molecule has 5 amide bonds. The van der Waals surface area contributed by atoms with Crippen LogP contribution in [0, 0.1) is 30.6 Å². The first kappa shape index (κ1) is 74.1. The molecule has 0 spiro atoms. The number of nitrogens with two attached hydrogens (primary N) is 3. The number of likely N-dealkylation sites (tertiary alicyclic amines) is 1. The number of carboxylic acid groups (broad SMARTS) is 2. The Balaban J connectivity index is 1.51. The van der Waals surface area contributed by atoms with Crippen molar-refractivity contribution in [2.45, 2.75) is 180 Å². The number of aromatic hydroxyl groups is 1. The van der Waals surface area contributed by atoms with Gasteiger partial charge in [-0.15, -0.1) is 0 Å². The zero-order chi connectivity index (χ0) is 66.5. The number of guanidine groups is 1. The molecule has 1 fully saturated rings. The molecule has 1 saturated heterocycles. The SMILES string of the molecule is CC[C@H](C)[C@H](CC(=O)[C@H](Cc1ccccc1)NC(=O)[C@H](C)CC(=O)[C@H](Cc1ccc(O)cc1)NC(=O)CCC(=O)[C@H](CCCN=C(N)N)NC(=O)[C@H]1CCCN1C(=O)[C@H](CCCCN)NC)C(=O)N[C@@H](CCC(=O)O)C(=O)C[C@@H](Cc1ccc(C)cc1)C(=O)O. The maximum absolute atomic E-state index is 14.6. The maximum Gasteiger partial charge on any atom is 0.307 e. The van der Waals surface area contributed by atoms with Crippen molar-refractivity contribution in [1.29, 1.82) is 0 Å². The molecule has 0 unspecified atom stereocenters. The Hall–Kier alpha value is -8.38. The van der Waals surface area contributed by atoms with Crippen molar-refractivity contribution < 1.29 is 68.1 Å². The Kier molecular flexibility index (Phi) is 31.5. The Labute approximate surface area is 527 Å². The molecule has 3 aromatic carbocycles. The van der Waals surface area contributed by atoms with E-state index in [1.54, 1.807) is 75.5 Å². The highest BCUT2D eigenvalue weighted by Crippen LogP contribution is 2.25. The molecule has 492 valence electrons. The van der Waals surface area contributed by atoms with E-state index in [4.69, 9.17) is 17.2 Å². The molecule has 1 aliphatic rings. The summed E-state index contributed by atoms with van der Waals surface area (Å²) in [7, 11) is 1.68. The van der Waals surface area contributed by atoms with Gasteiger partial charge in [-0.2, -0.15) is 0 Å². The van der Waals surface area contributed by atoms with Crippen LogP contribution in [0.1, 0.15) is 139 Å². The summed E-state index contributed by atoms with van der Waals surface area (Å²) in [5, 5.41) is 43.8. The predicted octanol–water partition coefficient (Wildman–Crippen LogP) is 3.52. The van der Waals surface area contributed by atoms with Gasteiger partial charge in [-0.3, -0.25) is 57.7 Å². The zero-order valence-corrected chi connectivity index (χ0v) is 52.6. The fourth-order valence-electron chi connectivity index (χ4n) is 10.9. The molecule has 1 heterocycles. The number of aliphatic imine (C=N–C) groups is 1. The molecule has 4 rings (SSSR count). The summed E-state index contributed by atoms with van der Waals surface area (Å²) in [4.78, 5) is 157. The van der Waals surface area contributed by atoms with Gasteiger partial charge >= 0.3 is 11.9 Å². The Morgan fingerprint density at radius 2 is 1.21 bits per heavy atom. The summed E-state index contributed by atoms with van der Waals surface area (Å²) in [5.74, 6) is -11.8. The molecule has 0 radical (unpaired) electrons. The second kappa shape index (κ2) is 38.2. The van der Waals surface area contributed by atoms with E-state index in [1.807, 2.05) is 19.1 Å². The fraction of sp³-hybridized carbons (Fsp3) is 0.545. The second-order valence-electron chi connectivity index (χ2n) is 23.7. The van der Waals surface area contributed by atoms with Gasteiger partial charge in [0.25, 0.3) is 0 Å². The first-order chi connectivity index (χ1) is 42.8. The predicted molar refractivity (Wildman–Crippen MR) is 338 cm³/mol. The van der Waals surface area contributed by atoms with Crippen molar-refractivity contribution in [3.8, 4) is 5.75 Å². The number of carbonyl (C=O) groups excluding carboxylic acids is 9. The molecule has 0 aromatic heterocycles. The van der Waals surface area contributed by atoms with Gasteiger partial charge in [0.15, 0.2) is 29.1 Å². The second-order valence-corrected chi connectivity index (χ2v) is 23.7. The lowest BCUT2D eigenvalue weighted by molar-refractivity contribution is -0.144. The number of unbranched alkanes of at least 4 members (excludes halogenated alkanes) is 1. The smallest absolute Gasteiger partial charge is 0.307 e. The molecule has 1 aliphatic heterocycles. The van der Waals surface area contributed by atoms with E-state index >= 15 is 0 Å². The molecular formula is C66H94N10O14. The number of benzene rings is 3. The van der Waals surface area contributed by atoms with Gasteiger partial charge in [-0.1, -0.05) is 106 Å². The van der Waals surface area contributed by atoms with Gasteiger partial charge in [0.05, 0.1) is 36.1 Å². The van der Waals surface area contributed by atoms with Crippen molar-refractivity contribution in [1.82, 2.24) is 31.5 Å². The Morgan fingerprint density at radius 3 is 1.82 bits per heavy atom. The number of amides is 5. The molecule has 0 bridgehead atoms. The average molecular weight is 1250 g/mol. The van der Waals surface area contributed by atoms with Crippen molar-refractivity contribution in [2.75, 3.05) is 26.7 Å². The molecule has 24 heteroatoms. The summed E-state index contributed by atoms with van der Waals surface area (Å²) in [5.41, 5.74) is 19.5. The van der Waals surface area contributed by atoms with E-state index in [1.165, 1.54) is 24.0 Å². The number of hydrogen-bond donors (Lipinski definition) is 11. The first-order valence-corrected chi connectivity index (χ1v) is 31.2. The Bertz CT molecular complexity index is 2920. The van der Waals surface area contributed by atoms with Crippen molar-refractivity contribution in [3.05, 3.63) is 101 Å². The summed E-state index contributed by atoms with van der Waals surface area (Å²) in [6, 6.07) is 15.4. The van der Waals surface area contributed by atoms with Crippen molar-refractivity contribution in [2.24, 2.45) is 45.9 Å². The number of rotatable bonds is 42. The lowest BCUT2D eigenvalue weighted by atomic mass is 9.83. The third kappa shape index (κ3) is 25.2. The lowest BCUT2D eigenvalue weighted by Crippen LogP contribution is -2.54. The minimum atomic E-state index is -1.40. The molecule has 24 nitrogen and oxygen atoms in total. The third-order valence-corrected chi connectivity index (χ3v) is 16.6. The highest BCUT2D eigenvalue weighted by Gasteiger charge is 2.39. The van der Waals surface area contributed by atoms with Crippen molar-refractivity contribution >= 4 is 70.6 Å². The zero-order valence-electron chi connectivity index (χ0n) is 52.6.